The molecule has 7 heteroatoms. The number of aliphatic imine (C=N–C) groups is 1. The Hall–Kier alpha value is -2.83. The number of esters is 1. The molecule has 0 aromatic heterocycles. The summed E-state index contributed by atoms with van der Waals surface area (Å²) in [6.45, 7) is 8.70. The topological polar surface area (TPSA) is 91.8 Å². The van der Waals surface area contributed by atoms with Crippen molar-refractivity contribution < 1.29 is 14.3 Å². The van der Waals surface area contributed by atoms with Crippen LogP contribution in [-0.4, -0.2) is 49.6 Å². The predicted molar refractivity (Wildman–Crippen MR) is 131 cm³/mol. The van der Waals surface area contributed by atoms with Gasteiger partial charge < -0.3 is 20.7 Å². The van der Waals surface area contributed by atoms with Crippen molar-refractivity contribution in [3.63, 3.8) is 0 Å². The van der Waals surface area contributed by atoms with Crippen LogP contribution in [0, 0.1) is 0 Å². The SMILES string of the molecule is CC(C)(C)OC(=O)CC1CC(CNC(=O)CCCNC2=NCCCN2)=CCc2ccccc21. The Labute approximate surface area is 197 Å². The summed E-state index contributed by atoms with van der Waals surface area (Å²) in [7, 11) is 0. The van der Waals surface area contributed by atoms with Crippen LogP contribution in [0.4, 0.5) is 0 Å². The highest BCUT2D eigenvalue weighted by Gasteiger charge is 2.25. The number of fused-ring (bicyclic) bond motifs is 1. The Morgan fingerprint density at radius 3 is 2.82 bits per heavy atom. The summed E-state index contributed by atoms with van der Waals surface area (Å²) in [6, 6.07) is 8.29. The average molecular weight is 455 g/mol. The van der Waals surface area contributed by atoms with Crippen LogP contribution >= 0.6 is 0 Å². The number of hydrogen-bond donors (Lipinski definition) is 3. The average Bonchev–Trinajstić information content (AvgIpc) is 2.94. The van der Waals surface area contributed by atoms with Gasteiger partial charge in [-0.25, -0.2) is 0 Å². The molecule has 2 aliphatic rings. The Bertz CT molecular complexity index is 886. The number of hydrogen-bond acceptors (Lipinski definition) is 6. The van der Waals surface area contributed by atoms with Crippen molar-refractivity contribution in [3.05, 3.63) is 47.0 Å². The van der Waals surface area contributed by atoms with Gasteiger partial charge in [0.15, 0.2) is 5.96 Å². The van der Waals surface area contributed by atoms with E-state index in [2.05, 4.69) is 39.2 Å². The molecule has 1 unspecified atom stereocenters. The second-order valence-electron chi connectivity index (χ2n) is 9.77. The van der Waals surface area contributed by atoms with E-state index in [0.717, 1.165) is 56.9 Å². The van der Waals surface area contributed by atoms with Gasteiger partial charge in [0.25, 0.3) is 0 Å². The summed E-state index contributed by atoms with van der Waals surface area (Å²) in [5.41, 5.74) is 3.10. The van der Waals surface area contributed by atoms with Gasteiger partial charge >= 0.3 is 5.97 Å². The Morgan fingerprint density at radius 2 is 2.06 bits per heavy atom. The molecule has 1 heterocycles. The van der Waals surface area contributed by atoms with Gasteiger partial charge in [0.05, 0.1) is 6.42 Å². The van der Waals surface area contributed by atoms with E-state index in [0.29, 0.717) is 19.4 Å². The van der Waals surface area contributed by atoms with Crippen LogP contribution in [0.1, 0.15) is 69.9 Å². The number of rotatable bonds is 8. The van der Waals surface area contributed by atoms with Gasteiger partial charge in [-0.3, -0.25) is 14.6 Å². The van der Waals surface area contributed by atoms with Gasteiger partial charge in [-0.2, -0.15) is 0 Å². The first-order valence-corrected chi connectivity index (χ1v) is 12.1. The van der Waals surface area contributed by atoms with Crippen molar-refractivity contribution in [3.8, 4) is 0 Å². The van der Waals surface area contributed by atoms with Gasteiger partial charge in [0.1, 0.15) is 5.60 Å². The van der Waals surface area contributed by atoms with Crippen LogP contribution in [0.5, 0.6) is 0 Å². The monoisotopic (exact) mass is 454 g/mol. The molecule has 1 amide bonds. The molecule has 1 aliphatic carbocycles. The molecule has 0 saturated carbocycles. The Kier molecular flexibility index (Phi) is 8.92. The molecule has 1 aliphatic heterocycles. The second kappa shape index (κ2) is 11.9. The second-order valence-corrected chi connectivity index (χ2v) is 9.77. The third-order valence-electron chi connectivity index (χ3n) is 5.73. The van der Waals surface area contributed by atoms with Crippen molar-refractivity contribution in [2.45, 2.75) is 70.8 Å². The standard InChI is InChI=1S/C26H38N4O3/c1-26(2,3)33-24(32)17-21-16-19(11-12-20-8-4-5-9-22(20)21)18-30-23(31)10-6-13-27-25-28-14-7-15-29-25/h4-5,8-9,11,21H,6-7,10,12-18H2,1-3H3,(H,30,31)(H2,27,28,29). The highest BCUT2D eigenvalue weighted by atomic mass is 16.6. The number of nitrogens with one attached hydrogen (secondary N) is 3. The lowest BCUT2D eigenvalue weighted by Crippen LogP contribution is -2.41. The summed E-state index contributed by atoms with van der Waals surface area (Å²) >= 11 is 0. The maximum absolute atomic E-state index is 12.6. The van der Waals surface area contributed by atoms with Crippen molar-refractivity contribution in [2.75, 3.05) is 26.2 Å². The van der Waals surface area contributed by atoms with Crippen LogP contribution < -0.4 is 16.0 Å². The number of ether oxygens (including phenoxy) is 1. The summed E-state index contributed by atoms with van der Waals surface area (Å²) < 4.78 is 5.58. The number of allylic oxidation sites excluding steroid dienone is 1. The minimum Gasteiger partial charge on any atom is -0.460 e. The van der Waals surface area contributed by atoms with Gasteiger partial charge in [0, 0.05) is 32.6 Å². The smallest absolute Gasteiger partial charge is 0.306 e. The molecule has 1 atom stereocenters. The third-order valence-corrected chi connectivity index (χ3v) is 5.73. The molecule has 33 heavy (non-hydrogen) atoms. The number of carbonyl (C=O) groups is 2. The molecule has 1 aromatic carbocycles. The minimum atomic E-state index is -0.498. The lowest BCUT2D eigenvalue weighted by Gasteiger charge is -2.23. The Balaban J connectivity index is 1.49. The normalized spacial score (nSPS) is 18.1. The Morgan fingerprint density at radius 1 is 1.24 bits per heavy atom. The quantitative estimate of drug-likeness (QED) is 0.319. The lowest BCUT2D eigenvalue weighted by molar-refractivity contribution is -0.155. The summed E-state index contributed by atoms with van der Waals surface area (Å²) in [5.74, 6) is 0.745. The highest BCUT2D eigenvalue weighted by Crippen LogP contribution is 2.33. The first-order valence-electron chi connectivity index (χ1n) is 12.1. The third kappa shape index (κ3) is 8.56. The summed E-state index contributed by atoms with van der Waals surface area (Å²) in [5, 5.41) is 9.52. The van der Waals surface area contributed by atoms with Crippen molar-refractivity contribution in [2.24, 2.45) is 4.99 Å². The van der Waals surface area contributed by atoms with Crippen LogP contribution in [-0.2, 0) is 20.7 Å². The molecular weight excluding hydrogens is 416 g/mol. The first kappa shape index (κ1) is 24.8. The fourth-order valence-electron chi connectivity index (χ4n) is 4.20. The molecule has 0 radical (unpaired) electrons. The van der Waals surface area contributed by atoms with E-state index in [1.54, 1.807) is 0 Å². The maximum Gasteiger partial charge on any atom is 0.306 e. The molecule has 0 saturated heterocycles. The molecule has 1 aromatic rings. The largest absolute Gasteiger partial charge is 0.460 e. The number of carbonyl (C=O) groups excluding carboxylic acids is 2. The van der Waals surface area contributed by atoms with E-state index >= 15 is 0 Å². The van der Waals surface area contributed by atoms with Gasteiger partial charge in [-0.1, -0.05) is 35.9 Å². The van der Waals surface area contributed by atoms with Crippen molar-refractivity contribution in [1.29, 1.82) is 0 Å². The zero-order chi connectivity index (χ0) is 23.7. The van der Waals surface area contributed by atoms with Gasteiger partial charge in [-0.15, -0.1) is 0 Å². The van der Waals surface area contributed by atoms with Crippen molar-refractivity contribution >= 4 is 17.8 Å². The first-order chi connectivity index (χ1) is 15.8. The van der Waals surface area contributed by atoms with Crippen molar-refractivity contribution in [1.82, 2.24) is 16.0 Å². The lowest BCUT2D eigenvalue weighted by atomic mass is 9.88. The predicted octanol–water partition coefficient (Wildman–Crippen LogP) is 3.21. The number of guanidine groups is 1. The van der Waals surface area contributed by atoms with E-state index in [9.17, 15) is 9.59 Å². The molecule has 7 nitrogen and oxygen atoms in total. The van der Waals surface area contributed by atoms with Crippen LogP contribution in [0.15, 0.2) is 40.9 Å². The van der Waals surface area contributed by atoms with Gasteiger partial charge in [0.2, 0.25) is 5.91 Å². The highest BCUT2D eigenvalue weighted by molar-refractivity contribution is 5.80. The number of benzene rings is 1. The molecule has 3 N–H and O–H groups in total. The number of amides is 1. The van der Waals surface area contributed by atoms with Gasteiger partial charge in [-0.05, 0) is 63.5 Å². The molecule has 0 bridgehead atoms. The summed E-state index contributed by atoms with van der Waals surface area (Å²) in [6.07, 6.45) is 6.36. The van der Waals surface area contributed by atoms with Crippen LogP contribution in [0.3, 0.4) is 0 Å². The fourth-order valence-corrected chi connectivity index (χ4v) is 4.20. The number of nitrogens with zero attached hydrogens (tertiary/aromatic N) is 1. The van der Waals surface area contributed by atoms with E-state index in [1.165, 1.54) is 11.1 Å². The maximum atomic E-state index is 12.6. The molecule has 0 fully saturated rings. The molecular formula is C26H38N4O3. The van der Waals surface area contributed by atoms with Crippen LogP contribution in [0.2, 0.25) is 0 Å². The zero-order valence-electron chi connectivity index (χ0n) is 20.2. The van der Waals surface area contributed by atoms with E-state index in [-0.39, 0.29) is 17.8 Å². The minimum absolute atomic E-state index is 0.0432. The summed E-state index contributed by atoms with van der Waals surface area (Å²) in [4.78, 5) is 29.3. The van der Waals surface area contributed by atoms with Crippen LogP contribution in [0.25, 0.3) is 0 Å². The molecule has 3 rings (SSSR count). The van der Waals surface area contributed by atoms with E-state index in [4.69, 9.17) is 4.74 Å². The van der Waals surface area contributed by atoms with E-state index < -0.39 is 5.60 Å². The molecule has 0 spiro atoms. The molecule has 180 valence electrons. The van der Waals surface area contributed by atoms with E-state index in [1.807, 2.05) is 32.9 Å². The zero-order valence-corrected chi connectivity index (χ0v) is 20.2. The fraction of sp³-hybridized carbons (Fsp3) is 0.577.